The summed E-state index contributed by atoms with van der Waals surface area (Å²) in [6.45, 7) is -1.34. The summed E-state index contributed by atoms with van der Waals surface area (Å²) in [5.74, 6) is -9.52. The number of hydrogen-bond donors (Lipinski definition) is 16. The molecule has 4 fully saturated rings. The SMILES string of the molecule is NC(N)=NCCC[C@@H](N)C(=O)N[C@@H](CCCN=C(N)N)C(=O)N1CCC[C@H]1C(=O)N1C[C@H](O)C[C@H]1C(=O)NCC(=O)N[C@H](C(=O)N[C@@H](CO)C(=O)N[C@@H](C(=O)N1C(C(=O)N[C@@H](CCCN=C(N)N)C(=O)O)CC2CCCCC21)C1Cc2ccccc2C1)C1Cc2ccccc2C1. The number of aliphatic hydroxyl groups excluding tert-OH is 2. The summed E-state index contributed by atoms with van der Waals surface area (Å²) in [5.41, 5.74) is 42.7. The van der Waals surface area contributed by atoms with E-state index >= 15 is 4.79 Å². The lowest BCUT2D eigenvalue weighted by Gasteiger charge is -2.38. The van der Waals surface area contributed by atoms with Crippen LogP contribution in [0.15, 0.2) is 63.5 Å². The van der Waals surface area contributed by atoms with Crippen LogP contribution < -0.4 is 72.0 Å². The van der Waals surface area contributed by atoms with Crippen molar-refractivity contribution in [2.24, 2.45) is 72.9 Å². The van der Waals surface area contributed by atoms with Gasteiger partial charge in [0.1, 0.15) is 48.3 Å². The minimum atomic E-state index is -1.68. The van der Waals surface area contributed by atoms with Gasteiger partial charge in [0.25, 0.3) is 0 Å². The van der Waals surface area contributed by atoms with Crippen LogP contribution in [0.3, 0.4) is 0 Å². The van der Waals surface area contributed by atoms with Gasteiger partial charge in [0, 0.05) is 45.2 Å². The number of nitrogens with one attached hydrogen (secondary N) is 6. The highest BCUT2D eigenvalue weighted by molar-refractivity contribution is 5.99. The second-order valence-corrected chi connectivity index (χ2v) is 26.0. The molecule has 2 aromatic rings. The largest absolute Gasteiger partial charge is 0.480 e. The van der Waals surface area contributed by atoms with Crippen molar-refractivity contribution >= 4 is 77.0 Å². The fraction of sp³-hybridized carbons (Fsp3) is 0.609. The minimum Gasteiger partial charge on any atom is -0.480 e. The number of aliphatic carboxylic acids is 1. The normalized spacial score (nSPS) is 22.3. The van der Waals surface area contributed by atoms with Crippen molar-refractivity contribution in [2.45, 2.75) is 182 Å². The summed E-state index contributed by atoms with van der Waals surface area (Å²) in [4.78, 5) is 158. The van der Waals surface area contributed by atoms with Crippen molar-refractivity contribution in [1.29, 1.82) is 0 Å². The lowest BCUT2D eigenvalue weighted by atomic mass is 9.84. The molecule has 9 amide bonds. The highest BCUT2D eigenvalue weighted by atomic mass is 16.4. The molecule has 8 rings (SSSR count). The van der Waals surface area contributed by atoms with E-state index in [2.05, 4.69) is 46.9 Å². The van der Waals surface area contributed by atoms with Gasteiger partial charge in [-0.15, -0.1) is 0 Å². The number of fused-ring (bicyclic) bond motifs is 3. The van der Waals surface area contributed by atoms with Gasteiger partial charge >= 0.3 is 5.97 Å². The first-order valence-electron chi connectivity index (χ1n) is 33.2. The van der Waals surface area contributed by atoms with Crippen molar-refractivity contribution in [3.8, 4) is 0 Å². The van der Waals surface area contributed by atoms with Gasteiger partial charge in [0.2, 0.25) is 53.2 Å². The standard InChI is InChI=1S/C64H95N19O13/c65-42(16-7-21-72-62(66)67)53(87)76-43(17-8-22-73-63(68)69)58(92)81-24-10-20-47(81)59(93)82-32-41(85)30-48(82)55(89)75-31-50(86)79-51(39-25-34-11-1-2-12-35(34)26-39)57(91)78-45(33-84)54(88)80-52(40-27-36-13-3-4-14-37(36)28-40)60(94)83-46-19-6-5-15-38(46)29-49(83)56(90)77-44(61(95)96)18-9-23-74-64(70)71/h1-4,11-14,38-49,51-52,84-85H,5-10,15-33,65H2,(H,75,89)(H,76,87)(H,77,90)(H,78,91)(H,79,86)(H,80,88)(H,95,96)(H4,66,67,72)(H4,68,69,73)(H4,70,71,74)/t38?,41-,42-,43+,44+,45+,46?,47+,48+,49?,51+,52-/m1/s1. The fourth-order valence-electron chi connectivity index (χ4n) is 14.5. The number of hydrogen-bond acceptors (Lipinski definition) is 16. The molecule has 3 saturated heterocycles. The van der Waals surface area contributed by atoms with Crippen LogP contribution in [0.1, 0.15) is 112 Å². The predicted molar refractivity (Wildman–Crippen MR) is 352 cm³/mol. The highest BCUT2D eigenvalue weighted by Crippen LogP contribution is 2.42. The Labute approximate surface area is 556 Å². The monoisotopic (exact) mass is 1340 g/mol. The van der Waals surface area contributed by atoms with Crippen LogP contribution in [0.5, 0.6) is 0 Å². The van der Waals surface area contributed by atoms with Crippen molar-refractivity contribution in [3.63, 3.8) is 0 Å². The molecule has 0 spiro atoms. The maximum absolute atomic E-state index is 15.5. The molecule has 2 aromatic carbocycles. The van der Waals surface area contributed by atoms with E-state index in [0.717, 1.165) is 46.4 Å². The van der Waals surface area contributed by atoms with Crippen LogP contribution in [0.2, 0.25) is 0 Å². The first-order chi connectivity index (χ1) is 45.9. The molecule has 32 heteroatoms. The van der Waals surface area contributed by atoms with E-state index in [1.54, 1.807) is 0 Å². The average molecular weight is 1340 g/mol. The first kappa shape index (κ1) is 72.7. The number of benzene rings is 2. The smallest absolute Gasteiger partial charge is 0.326 e. The number of aliphatic hydroxyl groups is 2. The molecule has 0 radical (unpaired) electrons. The highest BCUT2D eigenvalue weighted by Gasteiger charge is 2.52. The summed E-state index contributed by atoms with van der Waals surface area (Å²) in [6, 6.07) is 3.25. The fourth-order valence-corrected chi connectivity index (χ4v) is 14.5. The third-order valence-corrected chi connectivity index (χ3v) is 19.3. The zero-order valence-electron chi connectivity index (χ0n) is 54.0. The molecule has 96 heavy (non-hydrogen) atoms. The molecule has 524 valence electrons. The van der Waals surface area contributed by atoms with Gasteiger partial charge < -0.3 is 102 Å². The summed E-state index contributed by atoms with van der Waals surface area (Å²) in [6.07, 6.45) is 4.82. The van der Waals surface area contributed by atoms with E-state index in [1.165, 1.54) is 9.80 Å². The van der Waals surface area contributed by atoms with Crippen LogP contribution in [0.4, 0.5) is 0 Å². The number of carboxylic acid groups (broad SMARTS) is 1. The van der Waals surface area contributed by atoms with E-state index in [9.17, 15) is 58.5 Å². The third-order valence-electron chi connectivity index (χ3n) is 19.3. The van der Waals surface area contributed by atoms with Gasteiger partial charge in [0.15, 0.2) is 17.9 Å². The molecule has 0 aromatic heterocycles. The molecule has 32 nitrogen and oxygen atoms in total. The molecule has 3 aliphatic heterocycles. The number of aliphatic imine (C=N–C) groups is 3. The summed E-state index contributed by atoms with van der Waals surface area (Å²) in [5, 5.41) is 48.3. The van der Waals surface area contributed by atoms with Gasteiger partial charge in [0.05, 0.1) is 25.3 Å². The number of β-amino-alcohol motifs (C(OH)–C–C–N with tert-alkyl or cyclic N) is 1. The van der Waals surface area contributed by atoms with Crippen molar-refractivity contribution < 1.29 is 63.3 Å². The lowest BCUT2D eigenvalue weighted by Crippen LogP contribution is -2.62. The van der Waals surface area contributed by atoms with Crippen LogP contribution in [-0.4, -0.2) is 219 Å². The molecule has 6 aliphatic rings. The Morgan fingerprint density at radius 1 is 0.552 bits per heavy atom. The summed E-state index contributed by atoms with van der Waals surface area (Å²) >= 11 is 0. The Bertz CT molecular complexity index is 3200. The van der Waals surface area contributed by atoms with Gasteiger partial charge in [-0.1, -0.05) is 61.4 Å². The van der Waals surface area contributed by atoms with Gasteiger partial charge in [-0.25, -0.2) is 4.79 Å². The predicted octanol–water partition coefficient (Wildman–Crippen LogP) is -4.97. The zero-order valence-corrected chi connectivity index (χ0v) is 54.0. The van der Waals surface area contributed by atoms with Gasteiger partial charge in [-0.2, -0.15) is 0 Å². The second kappa shape index (κ2) is 34.0. The van der Waals surface area contributed by atoms with E-state index in [-0.39, 0.29) is 108 Å². The molecule has 23 N–H and O–H groups in total. The van der Waals surface area contributed by atoms with Crippen LogP contribution >= 0.6 is 0 Å². The summed E-state index contributed by atoms with van der Waals surface area (Å²) < 4.78 is 0. The van der Waals surface area contributed by atoms with E-state index < -0.39 is 151 Å². The molecular weight excluding hydrogens is 1240 g/mol. The lowest BCUT2D eigenvalue weighted by molar-refractivity contribution is -0.148. The maximum atomic E-state index is 15.5. The van der Waals surface area contributed by atoms with Crippen molar-refractivity contribution in [2.75, 3.05) is 45.9 Å². The van der Waals surface area contributed by atoms with Gasteiger partial charge in [-0.3, -0.25) is 58.1 Å². The quantitative estimate of drug-likeness (QED) is 0.0191. The zero-order chi connectivity index (χ0) is 69.3. The van der Waals surface area contributed by atoms with Crippen molar-refractivity contribution in [3.05, 3.63) is 70.8 Å². The number of nitrogens with two attached hydrogens (primary N) is 7. The molecule has 3 aliphatic carbocycles. The van der Waals surface area contributed by atoms with Crippen LogP contribution in [-0.2, 0) is 73.6 Å². The molecule has 12 atom stereocenters. The number of carboxylic acids is 1. The molecular formula is C64H95N19O13. The maximum Gasteiger partial charge on any atom is 0.326 e. The Morgan fingerprint density at radius 3 is 1.66 bits per heavy atom. The number of rotatable bonds is 31. The van der Waals surface area contributed by atoms with Crippen LogP contribution in [0, 0.1) is 17.8 Å². The number of likely N-dealkylation sites (tertiary alicyclic amines) is 3. The molecule has 3 unspecified atom stereocenters. The first-order valence-corrected chi connectivity index (χ1v) is 33.2. The summed E-state index contributed by atoms with van der Waals surface area (Å²) in [7, 11) is 0. The Morgan fingerprint density at radius 2 is 1.09 bits per heavy atom. The number of nitrogens with zero attached hydrogens (tertiary/aromatic N) is 6. The van der Waals surface area contributed by atoms with Crippen molar-refractivity contribution in [1.82, 2.24) is 46.6 Å². The van der Waals surface area contributed by atoms with E-state index in [0.29, 0.717) is 44.9 Å². The average Bonchev–Trinajstić information content (AvgIpc) is 1.59. The Kier molecular flexibility index (Phi) is 25.7. The van der Waals surface area contributed by atoms with Crippen LogP contribution in [0.25, 0.3) is 0 Å². The van der Waals surface area contributed by atoms with E-state index in [1.807, 2.05) is 48.5 Å². The Balaban J connectivity index is 0.950. The third kappa shape index (κ3) is 18.9. The topological polar surface area (TPSA) is 533 Å². The number of amides is 9. The molecule has 0 bridgehead atoms. The second-order valence-electron chi connectivity index (χ2n) is 26.0. The van der Waals surface area contributed by atoms with E-state index in [4.69, 9.17) is 40.1 Å². The van der Waals surface area contributed by atoms with Gasteiger partial charge in [-0.05, 0) is 136 Å². The molecule has 1 saturated carbocycles. The number of carbonyl (C=O) groups excluding carboxylic acids is 9. The Hall–Kier alpha value is -9.17. The molecule has 3 heterocycles. The number of carbonyl (C=O) groups is 10. The minimum absolute atomic E-state index is 0.00231. The number of guanidine groups is 3.